The van der Waals surface area contributed by atoms with Crippen molar-refractivity contribution in [3.8, 4) is 5.69 Å². The lowest BCUT2D eigenvalue weighted by Crippen LogP contribution is -2.45. The van der Waals surface area contributed by atoms with Crippen molar-refractivity contribution in [3.05, 3.63) is 41.0 Å². The fourth-order valence-corrected chi connectivity index (χ4v) is 2.87. The highest BCUT2D eigenvalue weighted by Crippen LogP contribution is 2.26. The second-order valence-corrected chi connectivity index (χ2v) is 7.30. The summed E-state index contributed by atoms with van der Waals surface area (Å²) >= 11 is 0. The Morgan fingerprint density at radius 2 is 1.57 bits per heavy atom. The first-order valence-corrected chi connectivity index (χ1v) is 7.67. The lowest BCUT2D eigenvalue weighted by Gasteiger charge is -2.25. The van der Waals surface area contributed by atoms with Gasteiger partial charge in [0.1, 0.15) is 5.69 Å². The Hall–Kier alpha value is -1.64. The predicted octanol–water partition coefficient (Wildman–Crippen LogP) is 4.00. The van der Waals surface area contributed by atoms with E-state index >= 15 is 0 Å². The molecular weight excluding hydrogens is 258 g/mol. The standard InChI is InChI=1S/C18H28N3/c1-12-9-13(2)17(14(3)10-12)21-11-20(16(5)19-21)15(4)18(6,7)8/h9-11,15H,1-8H3/q+1/t15-/m0/s1. The predicted molar refractivity (Wildman–Crippen MR) is 86.9 cm³/mol. The van der Waals surface area contributed by atoms with Crippen molar-refractivity contribution in [3.63, 3.8) is 0 Å². The second kappa shape index (κ2) is 5.28. The molecular formula is C18H28N3+. The van der Waals surface area contributed by atoms with Gasteiger partial charge in [0.05, 0.1) is 6.04 Å². The van der Waals surface area contributed by atoms with Gasteiger partial charge < -0.3 is 0 Å². The Balaban J connectivity index is 2.54. The number of hydrogen-bond donors (Lipinski definition) is 0. The van der Waals surface area contributed by atoms with Crippen LogP contribution in [-0.4, -0.2) is 9.78 Å². The fourth-order valence-electron chi connectivity index (χ4n) is 2.87. The van der Waals surface area contributed by atoms with Gasteiger partial charge in [0, 0.05) is 12.0 Å². The van der Waals surface area contributed by atoms with Crippen LogP contribution in [0.4, 0.5) is 0 Å². The lowest BCUT2D eigenvalue weighted by atomic mass is 9.88. The van der Waals surface area contributed by atoms with Crippen LogP contribution in [0.1, 0.15) is 56.3 Å². The summed E-state index contributed by atoms with van der Waals surface area (Å²) < 4.78 is 4.31. The molecule has 0 aliphatic carbocycles. The Morgan fingerprint density at radius 1 is 1.05 bits per heavy atom. The first-order chi connectivity index (χ1) is 9.61. The van der Waals surface area contributed by atoms with Gasteiger partial charge >= 0.3 is 0 Å². The molecule has 0 saturated heterocycles. The summed E-state index contributed by atoms with van der Waals surface area (Å²) in [5.41, 5.74) is 5.24. The number of aromatic nitrogens is 3. The average molecular weight is 286 g/mol. The zero-order valence-electron chi connectivity index (χ0n) is 14.7. The van der Waals surface area contributed by atoms with Gasteiger partial charge in [-0.2, -0.15) is 0 Å². The summed E-state index contributed by atoms with van der Waals surface area (Å²) in [4.78, 5) is 0. The zero-order valence-corrected chi connectivity index (χ0v) is 14.7. The maximum Gasteiger partial charge on any atom is 0.275 e. The van der Waals surface area contributed by atoms with Crippen molar-refractivity contribution in [1.29, 1.82) is 0 Å². The van der Waals surface area contributed by atoms with E-state index in [0.717, 1.165) is 5.82 Å². The van der Waals surface area contributed by atoms with Crippen molar-refractivity contribution in [2.45, 2.75) is 61.4 Å². The summed E-state index contributed by atoms with van der Waals surface area (Å²) in [6.07, 6.45) is 2.13. The van der Waals surface area contributed by atoms with Crippen molar-refractivity contribution in [2.75, 3.05) is 0 Å². The number of rotatable bonds is 2. The van der Waals surface area contributed by atoms with Crippen molar-refractivity contribution >= 4 is 0 Å². The van der Waals surface area contributed by atoms with Gasteiger partial charge in [-0.3, -0.25) is 0 Å². The highest BCUT2D eigenvalue weighted by molar-refractivity contribution is 5.48. The minimum atomic E-state index is 0.209. The molecule has 1 aromatic carbocycles. The van der Waals surface area contributed by atoms with Gasteiger partial charge in [-0.25, -0.2) is 4.57 Å². The van der Waals surface area contributed by atoms with Crippen LogP contribution in [-0.2, 0) is 0 Å². The van der Waals surface area contributed by atoms with Crippen LogP contribution in [0.3, 0.4) is 0 Å². The van der Waals surface area contributed by atoms with E-state index in [-0.39, 0.29) is 5.41 Å². The molecule has 0 bridgehead atoms. The zero-order chi connectivity index (χ0) is 15.9. The molecule has 1 aromatic heterocycles. The molecule has 2 aromatic rings. The smallest absolute Gasteiger partial charge is 0.231 e. The van der Waals surface area contributed by atoms with Crippen LogP contribution in [0.2, 0.25) is 0 Å². The fraction of sp³-hybridized carbons (Fsp3) is 0.556. The Kier molecular flexibility index (Phi) is 3.96. The van der Waals surface area contributed by atoms with Gasteiger partial charge in [0.25, 0.3) is 5.82 Å². The number of aryl methyl sites for hydroxylation is 4. The molecule has 0 unspecified atom stereocenters. The average Bonchev–Trinajstić information content (AvgIpc) is 2.67. The Morgan fingerprint density at radius 3 is 2.05 bits per heavy atom. The maximum atomic E-state index is 4.75. The van der Waals surface area contributed by atoms with Gasteiger partial charge in [0.2, 0.25) is 6.33 Å². The van der Waals surface area contributed by atoms with Crippen molar-refractivity contribution in [2.24, 2.45) is 5.41 Å². The van der Waals surface area contributed by atoms with Crippen LogP contribution in [0, 0.1) is 33.1 Å². The first kappa shape index (κ1) is 15.7. The number of hydrogen-bond acceptors (Lipinski definition) is 1. The van der Waals surface area contributed by atoms with E-state index in [4.69, 9.17) is 5.10 Å². The molecule has 1 atom stereocenters. The molecule has 3 heteroatoms. The monoisotopic (exact) mass is 286 g/mol. The van der Waals surface area contributed by atoms with E-state index in [1.54, 1.807) is 0 Å². The van der Waals surface area contributed by atoms with Crippen LogP contribution in [0.5, 0.6) is 0 Å². The third kappa shape index (κ3) is 3.02. The number of benzene rings is 1. The van der Waals surface area contributed by atoms with Crippen LogP contribution < -0.4 is 4.57 Å². The molecule has 0 aliphatic heterocycles. The Labute approximate surface area is 128 Å². The van der Waals surface area contributed by atoms with E-state index in [1.165, 1.54) is 22.4 Å². The van der Waals surface area contributed by atoms with E-state index in [9.17, 15) is 0 Å². The van der Waals surface area contributed by atoms with Crippen molar-refractivity contribution < 1.29 is 4.57 Å². The topological polar surface area (TPSA) is 21.7 Å². The third-order valence-corrected chi connectivity index (χ3v) is 4.39. The lowest BCUT2D eigenvalue weighted by molar-refractivity contribution is -0.737. The second-order valence-electron chi connectivity index (χ2n) is 7.30. The molecule has 3 nitrogen and oxygen atoms in total. The van der Waals surface area contributed by atoms with Crippen molar-refractivity contribution in [1.82, 2.24) is 9.78 Å². The summed E-state index contributed by atoms with van der Waals surface area (Å²) in [6.45, 7) is 17.6. The molecule has 1 heterocycles. The Bertz CT molecular complexity index is 637. The minimum Gasteiger partial charge on any atom is -0.231 e. The summed E-state index contributed by atoms with van der Waals surface area (Å²) in [5, 5.41) is 4.75. The molecule has 0 radical (unpaired) electrons. The molecule has 0 saturated carbocycles. The van der Waals surface area contributed by atoms with E-state index in [1.807, 2.05) is 4.68 Å². The van der Waals surface area contributed by atoms with Crippen LogP contribution >= 0.6 is 0 Å². The first-order valence-electron chi connectivity index (χ1n) is 7.67. The van der Waals surface area contributed by atoms with Gasteiger partial charge in [-0.05, 0) is 44.2 Å². The minimum absolute atomic E-state index is 0.209. The molecule has 2 rings (SSSR count). The highest BCUT2D eigenvalue weighted by atomic mass is 15.4. The molecule has 0 aliphatic rings. The highest BCUT2D eigenvalue weighted by Gasteiger charge is 2.29. The van der Waals surface area contributed by atoms with Crippen LogP contribution in [0.15, 0.2) is 18.5 Å². The van der Waals surface area contributed by atoms with Gasteiger partial charge in [-0.1, -0.05) is 43.1 Å². The summed E-state index contributed by atoms with van der Waals surface area (Å²) in [5.74, 6) is 1.05. The third-order valence-electron chi connectivity index (χ3n) is 4.39. The number of nitrogens with zero attached hydrogens (tertiary/aromatic N) is 3. The maximum absolute atomic E-state index is 4.75. The summed E-state index contributed by atoms with van der Waals surface area (Å²) in [7, 11) is 0. The van der Waals surface area contributed by atoms with E-state index in [2.05, 4.69) is 78.4 Å². The largest absolute Gasteiger partial charge is 0.275 e. The summed E-state index contributed by atoms with van der Waals surface area (Å²) in [6, 6.07) is 4.84. The SMILES string of the molecule is Cc1cc(C)c(-n2c[n+]([C@@H](C)C(C)(C)C)c(C)n2)c(C)c1. The molecule has 21 heavy (non-hydrogen) atoms. The van der Waals surface area contributed by atoms with Gasteiger partial charge in [0.15, 0.2) is 0 Å². The molecule has 0 spiro atoms. The van der Waals surface area contributed by atoms with Crippen LogP contribution in [0.25, 0.3) is 5.69 Å². The van der Waals surface area contributed by atoms with Gasteiger partial charge in [-0.15, -0.1) is 0 Å². The van der Waals surface area contributed by atoms with E-state index in [0.29, 0.717) is 6.04 Å². The normalized spacial score (nSPS) is 13.5. The quantitative estimate of drug-likeness (QED) is 0.765. The molecule has 0 N–H and O–H groups in total. The van der Waals surface area contributed by atoms with E-state index < -0.39 is 0 Å². The molecule has 0 fully saturated rings. The molecule has 114 valence electrons. The molecule has 0 amide bonds.